The van der Waals surface area contributed by atoms with Crippen molar-refractivity contribution in [3.8, 4) is 0 Å². The minimum Gasteiger partial charge on any atom is -0.449 e. The van der Waals surface area contributed by atoms with Gasteiger partial charge >= 0.3 is 11.9 Å². The molecule has 1 aromatic carbocycles. The van der Waals surface area contributed by atoms with Crippen molar-refractivity contribution in [2.45, 2.75) is 18.1 Å². The van der Waals surface area contributed by atoms with Gasteiger partial charge < -0.3 is 19.7 Å². The van der Waals surface area contributed by atoms with Gasteiger partial charge in [0.2, 0.25) is 0 Å². The van der Waals surface area contributed by atoms with Crippen LogP contribution in [0.3, 0.4) is 0 Å². The van der Waals surface area contributed by atoms with E-state index in [1.807, 2.05) is 0 Å². The highest BCUT2D eigenvalue weighted by Gasteiger charge is 2.47. The Bertz CT molecular complexity index is 420. The van der Waals surface area contributed by atoms with E-state index in [-0.39, 0.29) is 5.56 Å². The summed E-state index contributed by atoms with van der Waals surface area (Å²) in [6.07, 6.45) is -3.53. The Hall–Kier alpha value is -1.57. The molecule has 0 bridgehead atoms. The highest BCUT2D eigenvalue weighted by atomic mass is 19.3. The van der Waals surface area contributed by atoms with Crippen LogP contribution in [-0.4, -0.2) is 54.6 Å². The van der Waals surface area contributed by atoms with Crippen molar-refractivity contribution in [1.29, 1.82) is 0 Å². The lowest BCUT2D eigenvalue weighted by atomic mass is 10.1. The minimum absolute atomic E-state index is 0.0824. The smallest absolute Gasteiger partial charge is 0.338 e. The molecule has 0 aromatic heterocycles. The van der Waals surface area contributed by atoms with E-state index in [0.717, 1.165) is 7.11 Å². The molecule has 0 fully saturated rings. The average molecular weight is 290 g/mol. The topological polar surface area (TPSA) is 76.0 Å². The SMILES string of the molecule is CO[C@@H](CO)C(OC(=O)c1ccccc1)C(F)(F)CO. The van der Waals surface area contributed by atoms with E-state index in [1.54, 1.807) is 18.2 Å². The molecule has 7 heteroatoms. The fourth-order valence-corrected chi connectivity index (χ4v) is 1.58. The van der Waals surface area contributed by atoms with Crippen LogP contribution < -0.4 is 0 Å². The Morgan fingerprint density at radius 3 is 2.35 bits per heavy atom. The Balaban J connectivity index is 2.93. The number of rotatable bonds is 7. The van der Waals surface area contributed by atoms with Gasteiger partial charge in [0.1, 0.15) is 12.7 Å². The van der Waals surface area contributed by atoms with Gasteiger partial charge in [-0.15, -0.1) is 0 Å². The fraction of sp³-hybridized carbons (Fsp3) is 0.462. The van der Waals surface area contributed by atoms with Gasteiger partial charge in [-0.3, -0.25) is 0 Å². The Morgan fingerprint density at radius 1 is 1.30 bits per heavy atom. The van der Waals surface area contributed by atoms with Crippen LogP contribution in [0.4, 0.5) is 8.78 Å². The summed E-state index contributed by atoms with van der Waals surface area (Å²) >= 11 is 0. The van der Waals surface area contributed by atoms with Crippen molar-refractivity contribution in [3.63, 3.8) is 0 Å². The number of aliphatic hydroxyl groups is 2. The molecular weight excluding hydrogens is 274 g/mol. The lowest BCUT2D eigenvalue weighted by Gasteiger charge is -2.30. The monoisotopic (exact) mass is 290 g/mol. The lowest BCUT2D eigenvalue weighted by Crippen LogP contribution is -2.50. The maximum Gasteiger partial charge on any atom is 0.338 e. The van der Waals surface area contributed by atoms with E-state index < -0.39 is 37.3 Å². The van der Waals surface area contributed by atoms with Crippen LogP contribution in [0.5, 0.6) is 0 Å². The van der Waals surface area contributed by atoms with Gasteiger partial charge in [-0.25, -0.2) is 4.79 Å². The number of alkyl halides is 2. The summed E-state index contributed by atoms with van der Waals surface area (Å²) < 4.78 is 36.6. The van der Waals surface area contributed by atoms with Crippen molar-refractivity contribution in [2.24, 2.45) is 0 Å². The number of hydrogen-bond acceptors (Lipinski definition) is 5. The van der Waals surface area contributed by atoms with Gasteiger partial charge in [-0.2, -0.15) is 8.78 Å². The third-order valence-corrected chi connectivity index (χ3v) is 2.69. The van der Waals surface area contributed by atoms with Crippen LogP contribution in [-0.2, 0) is 9.47 Å². The molecule has 5 nitrogen and oxygen atoms in total. The van der Waals surface area contributed by atoms with Crippen LogP contribution in [0.15, 0.2) is 30.3 Å². The second kappa shape index (κ2) is 7.28. The third kappa shape index (κ3) is 3.96. The van der Waals surface area contributed by atoms with Crippen molar-refractivity contribution in [3.05, 3.63) is 35.9 Å². The van der Waals surface area contributed by atoms with E-state index in [1.165, 1.54) is 12.1 Å². The van der Waals surface area contributed by atoms with Crippen LogP contribution >= 0.6 is 0 Å². The molecule has 1 aromatic rings. The highest BCUT2D eigenvalue weighted by molar-refractivity contribution is 5.89. The molecule has 0 aliphatic rings. The number of hydrogen-bond donors (Lipinski definition) is 2. The number of esters is 1. The third-order valence-electron chi connectivity index (χ3n) is 2.69. The highest BCUT2D eigenvalue weighted by Crippen LogP contribution is 2.26. The zero-order valence-corrected chi connectivity index (χ0v) is 10.8. The van der Waals surface area contributed by atoms with E-state index in [4.69, 9.17) is 14.9 Å². The zero-order chi connectivity index (χ0) is 15.2. The molecule has 1 unspecified atom stereocenters. The van der Waals surface area contributed by atoms with Crippen molar-refractivity contribution < 1.29 is 33.3 Å². The van der Waals surface area contributed by atoms with E-state index >= 15 is 0 Å². The molecule has 2 N–H and O–H groups in total. The van der Waals surface area contributed by atoms with Crippen molar-refractivity contribution in [2.75, 3.05) is 20.3 Å². The van der Waals surface area contributed by atoms with Crippen LogP contribution in [0.2, 0.25) is 0 Å². The molecule has 0 spiro atoms. The molecule has 0 aliphatic carbocycles. The van der Waals surface area contributed by atoms with Crippen molar-refractivity contribution >= 4 is 5.97 Å². The number of ether oxygens (including phenoxy) is 2. The largest absolute Gasteiger partial charge is 0.449 e. The van der Waals surface area contributed by atoms with E-state index in [2.05, 4.69) is 4.74 Å². The summed E-state index contributed by atoms with van der Waals surface area (Å²) in [4.78, 5) is 11.8. The molecule has 2 atom stereocenters. The van der Waals surface area contributed by atoms with Crippen LogP contribution in [0.1, 0.15) is 10.4 Å². The number of carbonyl (C=O) groups is 1. The molecule has 112 valence electrons. The predicted octanol–water partition coefficient (Wildman–Crippen LogP) is 0.847. The molecule has 0 saturated carbocycles. The lowest BCUT2D eigenvalue weighted by molar-refractivity contribution is -0.185. The number of benzene rings is 1. The van der Waals surface area contributed by atoms with Gasteiger partial charge in [0.15, 0.2) is 6.10 Å². The summed E-state index contributed by atoms with van der Waals surface area (Å²) in [6, 6.07) is 7.56. The van der Waals surface area contributed by atoms with Crippen LogP contribution in [0, 0.1) is 0 Å². The van der Waals surface area contributed by atoms with Gasteiger partial charge in [-0.1, -0.05) is 18.2 Å². The summed E-state index contributed by atoms with van der Waals surface area (Å²) in [7, 11) is 1.09. The standard InChI is InChI=1S/C13H16F2O5/c1-19-10(7-16)11(13(14,15)8-17)20-12(18)9-5-3-2-4-6-9/h2-6,10-11,16-17H,7-8H2,1H3/t10-,11?/m0/s1. The minimum atomic E-state index is -3.73. The van der Waals surface area contributed by atoms with Crippen LogP contribution in [0.25, 0.3) is 0 Å². The maximum atomic E-state index is 13.6. The number of carbonyl (C=O) groups excluding carboxylic acids is 1. The number of halogens is 2. The normalized spacial score (nSPS) is 14.7. The van der Waals surface area contributed by atoms with Gasteiger partial charge in [0.25, 0.3) is 0 Å². The molecular formula is C13H16F2O5. The quantitative estimate of drug-likeness (QED) is 0.728. The summed E-state index contributed by atoms with van der Waals surface area (Å²) in [6.45, 7) is -2.31. The first kappa shape index (κ1) is 16.5. The summed E-state index contributed by atoms with van der Waals surface area (Å²) in [5.41, 5.74) is 0.0824. The predicted molar refractivity (Wildman–Crippen MR) is 65.6 cm³/mol. The second-order valence-electron chi connectivity index (χ2n) is 4.07. The molecule has 0 aliphatic heterocycles. The Morgan fingerprint density at radius 2 is 1.90 bits per heavy atom. The van der Waals surface area contributed by atoms with Gasteiger partial charge in [0, 0.05) is 7.11 Å². The molecule has 0 amide bonds. The molecule has 0 radical (unpaired) electrons. The first-order chi connectivity index (χ1) is 9.46. The van der Waals surface area contributed by atoms with Gasteiger partial charge in [-0.05, 0) is 12.1 Å². The Kier molecular flexibility index (Phi) is 6.00. The Labute approximate surface area is 114 Å². The fourth-order valence-electron chi connectivity index (χ4n) is 1.58. The first-order valence-electron chi connectivity index (χ1n) is 5.84. The average Bonchev–Trinajstić information content (AvgIpc) is 2.48. The number of methoxy groups -OCH3 is 1. The summed E-state index contributed by atoms with van der Waals surface area (Å²) in [5, 5.41) is 17.7. The molecule has 0 saturated heterocycles. The van der Waals surface area contributed by atoms with E-state index in [9.17, 15) is 13.6 Å². The maximum absolute atomic E-state index is 13.6. The summed E-state index contributed by atoms with van der Waals surface area (Å²) in [5.74, 6) is -4.72. The van der Waals surface area contributed by atoms with Crippen molar-refractivity contribution in [1.82, 2.24) is 0 Å². The first-order valence-corrected chi connectivity index (χ1v) is 5.84. The second-order valence-corrected chi connectivity index (χ2v) is 4.07. The molecule has 20 heavy (non-hydrogen) atoms. The van der Waals surface area contributed by atoms with E-state index in [0.29, 0.717) is 0 Å². The number of aliphatic hydroxyl groups excluding tert-OH is 2. The zero-order valence-electron chi connectivity index (χ0n) is 10.8. The molecule has 1 rings (SSSR count). The molecule has 0 heterocycles. The van der Waals surface area contributed by atoms with Gasteiger partial charge in [0.05, 0.1) is 12.2 Å².